The zero-order chi connectivity index (χ0) is 14.6. The van der Waals surface area contributed by atoms with E-state index in [0.29, 0.717) is 28.7 Å². The second kappa shape index (κ2) is 6.98. The lowest BCUT2D eigenvalue weighted by Crippen LogP contribution is -2.33. The molecule has 0 aromatic heterocycles. The number of aliphatic hydroxyl groups excluding tert-OH is 1. The Morgan fingerprint density at radius 1 is 1.42 bits per heavy atom. The van der Waals surface area contributed by atoms with E-state index >= 15 is 0 Å². The molecule has 0 fully saturated rings. The number of benzene rings is 1. The molecule has 0 bridgehead atoms. The largest absolute Gasteiger partial charge is 0.393 e. The van der Waals surface area contributed by atoms with Crippen molar-refractivity contribution in [2.45, 2.75) is 26.4 Å². The Kier molecular flexibility index (Phi) is 5.91. The number of halogens is 2. The minimum Gasteiger partial charge on any atom is -0.393 e. The van der Waals surface area contributed by atoms with Gasteiger partial charge in [-0.25, -0.2) is 4.79 Å². The summed E-state index contributed by atoms with van der Waals surface area (Å²) in [7, 11) is 1.66. The van der Waals surface area contributed by atoms with E-state index in [-0.39, 0.29) is 6.03 Å². The highest BCUT2D eigenvalue weighted by Crippen LogP contribution is 2.28. The van der Waals surface area contributed by atoms with Crippen molar-refractivity contribution < 1.29 is 9.90 Å². The summed E-state index contributed by atoms with van der Waals surface area (Å²) in [6.45, 7) is 3.97. The third-order valence-electron chi connectivity index (χ3n) is 2.76. The molecule has 1 unspecified atom stereocenters. The van der Waals surface area contributed by atoms with Crippen LogP contribution in [0.3, 0.4) is 0 Å². The van der Waals surface area contributed by atoms with E-state index < -0.39 is 6.10 Å². The van der Waals surface area contributed by atoms with Crippen molar-refractivity contribution in [3.8, 4) is 0 Å². The fraction of sp³-hybridized carbons (Fsp3) is 0.462. The predicted molar refractivity (Wildman–Crippen MR) is 79.1 cm³/mol. The molecule has 0 spiro atoms. The van der Waals surface area contributed by atoms with Crippen molar-refractivity contribution >= 4 is 34.9 Å². The van der Waals surface area contributed by atoms with Gasteiger partial charge in [-0.15, -0.1) is 0 Å². The Hall–Kier alpha value is -0.970. The number of carbonyl (C=O) groups is 1. The highest BCUT2D eigenvalue weighted by molar-refractivity contribution is 6.36. The summed E-state index contributed by atoms with van der Waals surface area (Å²) in [6.07, 6.45) is 0.0952. The summed E-state index contributed by atoms with van der Waals surface area (Å²) in [4.78, 5) is 13.4. The summed E-state index contributed by atoms with van der Waals surface area (Å²) in [5.41, 5.74) is 1.33. The van der Waals surface area contributed by atoms with E-state index in [0.717, 1.165) is 5.56 Å². The monoisotopic (exact) mass is 304 g/mol. The SMILES string of the molecule is Cc1c(Cl)cc(NC(=O)N(C)CCC(C)O)cc1Cl. The molecule has 0 heterocycles. The molecule has 106 valence electrons. The van der Waals surface area contributed by atoms with E-state index in [1.165, 1.54) is 4.90 Å². The molecular weight excluding hydrogens is 287 g/mol. The fourth-order valence-electron chi connectivity index (χ4n) is 1.42. The van der Waals surface area contributed by atoms with Gasteiger partial charge in [0.05, 0.1) is 6.10 Å². The Morgan fingerprint density at radius 2 is 1.95 bits per heavy atom. The maximum Gasteiger partial charge on any atom is 0.321 e. The van der Waals surface area contributed by atoms with Crippen molar-refractivity contribution in [3.05, 3.63) is 27.7 Å². The highest BCUT2D eigenvalue weighted by Gasteiger charge is 2.11. The molecule has 0 saturated heterocycles. The van der Waals surface area contributed by atoms with Crippen LogP contribution >= 0.6 is 23.2 Å². The molecule has 0 aliphatic heterocycles. The molecule has 0 radical (unpaired) electrons. The topological polar surface area (TPSA) is 52.6 Å². The summed E-state index contributed by atoms with van der Waals surface area (Å²) in [5.74, 6) is 0. The molecule has 0 aliphatic carbocycles. The molecule has 2 N–H and O–H groups in total. The number of aliphatic hydroxyl groups is 1. The van der Waals surface area contributed by atoms with E-state index in [2.05, 4.69) is 5.32 Å². The van der Waals surface area contributed by atoms with Gasteiger partial charge >= 0.3 is 6.03 Å². The number of nitrogens with zero attached hydrogens (tertiary/aromatic N) is 1. The van der Waals surface area contributed by atoms with E-state index in [4.69, 9.17) is 23.2 Å². The average molecular weight is 305 g/mol. The molecule has 2 amide bonds. The van der Waals surface area contributed by atoms with Gasteiger partial charge in [-0.3, -0.25) is 0 Å². The van der Waals surface area contributed by atoms with Gasteiger partial charge in [0.2, 0.25) is 0 Å². The zero-order valence-corrected chi connectivity index (χ0v) is 12.7. The standard InChI is InChI=1S/C13H18Cl2N2O2/c1-8(18)4-5-17(3)13(19)16-10-6-11(14)9(2)12(15)7-10/h6-8,18H,4-5H2,1-3H3,(H,16,19). The van der Waals surface area contributed by atoms with Crippen LogP contribution in [-0.2, 0) is 0 Å². The predicted octanol–water partition coefficient (Wildman–Crippen LogP) is 3.54. The summed E-state index contributed by atoms with van der Waals surface area (Å²) < 4.78 is 0. The van der Waals surface area contributed by atoms with Crippen LogP contribution in [0.4, 0.5) is 10.5 Å². The smallest absolute Gasteiger partial charge is 0.321 e. The van der Waals surface area contributed by atoms with Crippen LogP contribution in [0.5, 0.6) is 0 Å². The number of amides is 2. The van der Waals surface area contributed by atoms with Gasteiger partial charge in [0, 0.05) is 29.3 Å². The quantitative estimate of drug-likeness (QED) is 0.894. The van der Waals surface area contributed by atoms with Crippen LogP contribution in [0.25, 0.3) is 0 Å². The van der Waals surface area contributed by atoms with Gasteiger partial charge in [-0.2, -0.15) is 0 Å². The maximum atomic E-state index is 11.9. The molecular formula is C13H18Cl2N2O2. The Bertz CT molecular complexity index is 441. The first-order chi connectivity index (χ1) is 8.81. The highest BCUT2D eigenvalue weighted by atomic mass is 35.5. The third-order valence-corrected chi connectivity index (χ3v) is 3.55. The van der Waals surface area contributed by atoms with Gasteiger partial charge in [0.1, 0.15) is 0 Å². The minimum atomic E-state index is -0.432. The van der Waals surface area contributed by atoms with Gasteiger partial charge in [-0.05, 0) is 38.0 Å². The van der Waals surface area contributed by atoms with Crippen molar-refractivity contribution in [3.63, 3.8) is 0 Å². The van der Waals surface area contributed by atoms with Gasteiger partial charge in [0.15, 0.2) is 0 Å². The van der Waals surface area contributed by atoms with Crippen LogP contribution in [-0.4, -0.2) is 35.7 Å². The number of carbonyl (C=O) groups excluding carboxylic acids is 1. The Morgan fingerprint density at radius 3 is 2.42 bits per heavy atom. The normalized spacial score (nSPS) is 12.1. The second-order valence-corrected chi connectivity index (χ2v) is 5.37. The maximum absolute atomic E-state index is 11.9. The lowest BCUT2D eigenvalue weighted by molar-refractivity contribution is 0.167. The number of hydrogen-bond acceptors (Lipinski definition) is 2. The lowest BCUT2D eigenvalue weighted by Gasteiger charge is -2.19. The molecule has 6 heteroatoms. The fourth-order valence-corrected chi connectivity index (χ4v) is 1.91. The third kappa shape index (κ3) is 4.90. The second-order valence-electron chi connectivity index (χ2n) is 4.55. The number of rotatable bonds is 4. The number of anilines is 1. The molecule has 1 atom stereocenters. The van der Waals surface area contributed by atoms with E-state index in [1.807, 2.05) is 6.92 Å². The molecule has 1 aromatic rings. The lowest BCUT2D eigenvalue weighted by atomic mass is 10.2. The zero-order valence-electron chi connectivity index (χ0n) is 11.2. The first-order valence-corrected chi connectivity index (χ1v) is 6.72. The van der Waals surface area contributed by atoms with Crippen molar-refractivity contribution in [1.29, 1.82) is 0 Å². The summed E-state index contributed by atoms with van der Waals surface area (Å²) in [6, 6.07) is 3.04. The van der Waals surface area contributed by atoms with Crippen LogP contribution in [0, 0.1) is 6.92 Å². The molecule has 0 saturated carbocycles. The number of urea groups is 1. The van der Waals surface area contributed by atoms with Crippen LogP contribution in [0.1, 0.15) is 18.9 Å². The molecule has 1 aromatic carbocycles. The van der Waals surface area contributed by atoms with E-state index in [1.54, 1.807) is 26.1 Å². The molecule has 19 heavy (non-hydrogen) atoms. The van der Waals surface area contributed by atoms with Crippen molar-refractivity contribution in [1.82, 2.24) is 4.90 Å². The van der Waals surface area contributed by atoms with Crippen LogP contribution < -0.4 is 5.32 Å². The Labute approximate surface area is 123 Å². The average Bonchev–Trinajstić information content (AvgIpc) is 2.32. The van der Waals surface area contributed by atoms with Crippen molar-refractivity contribution in [2.24, 2.45) is 0 Å². The number of hydrogen-bond donors (Lipinski definition) is 2. The summed E-state index contributed by atoms with van der Waals surface area (Å²) >= 11 is 12.0. The van der Waals surface area contributed by atoms with Crippen molar-refractivity contribution in [2.75, 3.05) is 18.9 Å². The van der Waals surface area contributed by atoms with Crippen LogP contribution in [0.15, 0.2) is 12.1 Å². The van der Waals surface area contributed by atoms with Gasteiger partial charge in [-0.1, -0.05) is 23.2 Å². The molecule has 4 nitrogen and oxygen atoms in total. The molecule has 0 aliphatic rings. The minimum absolute atomic E-state index is 0.267. The molecule has 1 rings (SSSR count). The summed E-state index contributed by atoms with van der Waals surface area (Å²) in [5, 5.41) is 12.9. The number of nitrogens with one attached hydrogen (secondary N) is 1. The Balaban J connectivity index is 2.66. The van der Waals surface area contributed by atoms with Gasteiger partial charge in [0.25, 0.3) is 0 Å². The van der Waals surface area contributed by atoms with Gasteiger partial charge < -0.3 is 15.3 Å². The van der Waals surface area contributed by atoms with Crippen LogP contribution in [0.2, 0.25) is 10.0 Å². The van der Waals surface area contributed by atoms with E-state index in [9.17, 15) is 9.90 Å². The first-order valence-electron chi connectivity index (χ1n) is 5.97. The first kappa shape index (κ1) is 16.1.